The standard InChI is InChI=1S/C42H68O5/c1-5-6-7-8-9-10-11-12-13-14-15-16-17-18-19-20-40(46)47-33-27-28-41(3)32(29-33)22-23-34-36-25-24-35(31(2)21-26-39(44)45)42(36,4)38(43)30-37(34)41/h6-7,9-10,12-13,31-38,43H,5,8,11,14-30H2,1-4H3,(H,44,45)/b7-6-,10-9-,13-12-. The molecule has 4 fully saturated rings. The summed E-state index contributed by atoms with van der Waals surface area (Å²) in [4.78, 5) is 24.0. The van der Waals surface area contributed by atoms with E-state index in [1.54, 1.807) is 0 Å². The molecule has 0 aromatic carbocycles. The summed E-state index contributed by atoms with van der Waals surface area (Å²) < 4.78 is 6.08. The van der Waals surface area contributed by atoms with Crippen molar-refractivity contribution in [1.29, 1.82) is 0 Å². The number of hydrogen-bond acceptors (Lipinski definition) is 4. The highest BCUT2D eigenvalue weighted by molar-refractivity contribution is 5.69. The number of carbonyl (C=O) groups is 2. The SMILES string of the molecule is CC/C=C\C/C=C\C/C=C\CCCCCCCC(=O)OC1CCC2(C)C(CCC3C2CC(O)C2(C)C(C(C)CCC(=O)O)CCC32)C1. The zero-order valence-electron chi connectivity index (χ0n) is 30.3. The first-order chi connectivity index (χ1) is 22.6. The second-order valence-corrected chi connectivity index (χ2v) is 16.4. The number of aliphatic hydroxyl groups is 1. The van der Waals surface area contributed by atoms with Crippen molar-refractivity contribution in [3.05, 3.63) is 36.5 Å². The molecule has 5 heteroatoms. The molecule has 0 bridgehead atoms. The maximum atomic E-state index is 12.8. The molecule has 0 aliphatic heterocycles. The van der Waals surface area contributed by atoms with Gasteiger partial charge in [0, 0.05) is 12.8 Å². The Labute approximate surface area is 287 Å². The second-order valence-electron chi connectivity index (χ2n) is 16.4. The molecule has 0 heterocycles. The van der Waals surface area contributed by atoms with Crippen molar-refractivity contribution in [2.24, 2.45) is 46.3 Å². The van der Waals surface area contributed by atoms with Crippen LogP contribution in [0.25, 0.3) is 0 Å². The minimum Gasteiger partial charge on any atom is -0.481 e. The van der Waals surface area contributed by atoms with Crippen LogP contribution in [0.3, 0.4) is 0 Å². The summed E-state index contributed by atoms with van der Waals surface area (Å²) >= 11 is 0. The predicted molar refractivity (Wildman–Crippen MR) is 192 cm³/mol. The Bertz CT molecular complexity index is 1080. The molecule has 0 amide bonds. The number of rotatable bonds is 18. The van der Waals surface area contributed by atoms with Gasteiger partial charge in [-0.1, -0.05) is 83.4 Å². The van der Waals surface area contributed by atoms with Crippen molar-refractivity contribution < 1.29 is 24.5 Å². The molecule has 4 rings (SSSR count). The lowest BCUT2D eigenvalue weighted by Crippen LogP contribution is -2.59. The molecule has 0 saturated heterocycles. The summed E-state index contributed by atoms with van der Waals surface area (Å²) in [6, 6.07) is 0. The number of hydrogen-bond donors (Lipinski definition) is 2. The summed E-state index contributed by atoms with van der Waals surface area (Å²) in [5, 5.41) is 21.0. The van der Waals surface area contributed by atoms with Crippen LogP contribution in [0.4, 0.5) is 0 Å². The smallest absolute Gasteiger partial charge is 0.306 e. The topological polar surface area (TPSA) is 83.8 Å². The molecular formula is C42H68O5. The van der Waals surface area contributed by atoms with E-state index < -0.39 is 5.97 Å². The zero-order chi connectivity index (χ0) is 33.9. The number of carboxylic acids is 1. The Kier molecular flexibility index (Phi) is 14.7. The number of ether oxygens (including phenoxy) is 1. The van der Waals surface area contributed by atoms with Crippen molar-refractivity contribution in [2.75, 3.05) is 0 Å². The molecule has 5 nitrogen and oxygen atoms in total. The molecule has 47 heavy (non-hydrogen) atoms. The van der Waals surface area contributed by atoms with E-state index in [9.17, 15) is 19.8 Å². The first-order valence-electron chi connectivity index (χ1n) is 19.7. The van der Waals surface area contributed by atoms with E-state index in [1.165, 1.54) is 38.5 Å². The van der Waals surface area contributed by atoms with Crippen LogP contribution in [0.2, 0.25) is 0 Å². The molecule has 0 aromatic rings. The molecule has 0 radical (unpaired) electrons. The number of aliphatic carboxylic acids is 1. The maximum Gasteiger partial charge on any atom is 0.306 e. The molecule has 4 aliphatic rings. The van der Waals surface area contributed by atoms with Gasteiger partial charge >= 0.3 is 11.9 Å². The Morgan fingerprint density at radius 1 is 0.830 bits per heavy atom. The fourth-order valence-corrected chi connectivity index (χ4v) is 10.9. The quantitative estimate of drug-likeness (QED) is 0.0874. The van der Waals surface area contributed by atoms with Gasteiger partial charge in [-0.25, -0.2) is 0 Å². The van der Waals surface area contributed by atoms with Crippen LogP contribution in [-0.2, 0) is 14.3 Å². The maximum absolute atomic E-state index is 12.8. The van der Waals surface area contributed by atoms with E-state index in [0.717, 1.165) is 70.6 Å². The second kappa shape index (κ2) is 18.2. The highest BCUT2D eigenvalue weighted by Crippen LogP contribution is 2.68. The molecule has 266 valence electrons. The largest absolute Gasteiger partial charge is 0.481 e. The Hall–Kier alpha value is -1.88. The third-order valence-electron chi connectivity index (χ3n) is 13.6. The molecule has 0 spiro atoms. The van der Waals surface area contributed by atoms with E-state index in [-0.39, 0.29) is 35.4 Å². The third-order valence-corrected chi connectivity index (χ3v) is 13.6. The first kappa shape index (κ1) is 37.9. The van der Waals surface area contributed by atoms with Gasteiger partial charge in [0.15, 0.2) is 0 Å². The molecule has 10 unspecified atom stereocenters. The summed E-state index contributed by atoms with van der Waals surface area (Å²) in [5.41, 5.74) is 0.105. The number of fused-ring (bicyclic) bond motifs is 5. The lowest BCUT2D eigenvalue weighted by molar-refractivity contribution is -0.181. The van der Waals surface area contributed by atoms with Crippen LogP contribution in [0.15, 0.2) is 36.5 Å². The minimum atomic E-state index is -0.714. The number of carbonyl (C=O) groups excluding carboxylic acids is 1. The predicted octanol–water partition coefficient (Wildman–Crippen LogP) is 10.6. The fourth-order valence-electron chi connectivity index (χ4n) is 10.9. The summed E-state index contributed by atoms with van der Waals surface area (Å²) in [7, 11) is 0. The Morgan fingerprint density at radius 3 is 2.28 bits per heavy atom. The van der Waals surface area contributed by atoms with Crippen molar-refractivity contribution in [2.45, 2.75) is 168 Å². The molecule has 2 N–H and O–H groups in total. The van der Waals surface area contributed by atoms with Gasteiger partial charge in [0.05, 0.1) is 6.10 Å². The lowest BCUT2D eigenvalue weighted by atomic mass is 9.43. The van der Waals surface area contributed by atoms with Crippen molar-refractivity contribution in [3.8, 4) is 0 Å². The Morgan fingerprint density at radius 2 is 1.53 bits per heavy atom. The van der Waals surface area contributed by atoms with Crippen LogP contribution >= 0.6 is 0 Å². The molecule has 4 saturated carbocycles. The van der Waals surface area contributed by atoms with Crippen LogP contribution in [0.5, 0.6) is 0 Å². The first-order valence-corrected chi connectivity index (χ1v) is 19.7. The highest BCUT2D eigenvalue weighted by Gasteiger charge is 2.63. The van der Waals surface area contributed by atoms with E-state index >= 15 is 0 Å². The summed E-state index contributed by atoms with van der Waals surface area (Å²) in [6.07, 6.45) is 33.2. The van der Waals surface area contributed by atoms with Gasteiger partial charge in [-0.2, -0.15) is 0 Å². The third kappa shape index (κ3) is 9.64. The van der Waals surface area contributed by atoms with Crippen LogP contribution in [0.1, 0.15) is 156 Å². The lowest BCUT2D eigenvalue weighted by Gasteiger charge is -2.62. The van der Waals surface area contributed by atoms with E-state index in [2.05, 4.69) is 64.2 Å². The van der Waals surface area contributed by atoms with E-state index in [4.69, 9.17) is 4.74 Å². The highest BCUT2D eigenvalue weighted by atomic mass is 16.5. The average molecular weight is 653 g/mol. The average Bonchev–Trinajstić information content (AvgIpc) is 3.41. The van der Waals surface area contributed by atoms with Gasteiger partial charge in [0.2, 0.25) is 0 Å². The monoisotopic (exact) mass is 653 g/mol. The van der Waals surface area contributed by atoms with Crippen molar-refractivity contribution >= 4 is 11.9 Å². The molecule has 4 aliphatic carbocycles. The van der Waals surface area contributed by atoms with Crippen molar-refractivity contribution in [1.82, 2.24) is 0 Å². The number of allylic oxidation sites excluding steroid dienone is 6. The number of carboxylic acid groups (broad SMARTS) is 1. The fraction of sp³-hybridized carbons (Fsp3) is 0.810. The van der Waals surface area contributed by atoms with Crippen LogP contribution in [-0.4, -0.2) is 34.4 Å². The van der Waals surface area contributed by atoms with Gasteiger partial charge < -0.3 is 14.9 Å². The number of aliphatic hydroxyl groups excluding tert-OH is 1. The van der Waals surface area contributed by atoms with Gasteiger partial charge in [-0.15, -0.1) is 0 Å². The van der Waals surface area contributed by atoms with E-state index in [0.29, 0.717) is 48.3 Å². The van der Waals surface area contributed by atoms with E-state index in [1.807, 2.05) is 0 Å². The number of unbranched alkanes of at least 4 members (excludes halogenated alkanes) is 5. The van der Waals surface area contributed by atoms with Crippen LogP contribution in [0, 0.1) is 46.3 Å². The Balaban J connectivity index is 1.14. The molecule has 10 atom stereocenters. The summed E-state index contributed by atoms with van der Waals surface area (Å²) in [6.45, 7) is 9.21. The number of esters is 1. The van der Waals surface area contributed by atoms with Gasteiger partial charge in [-0.05, 0) is 143 Å². The van der Waals surface area contributed by atoms with Gasteiger partial charge in [0.1, 0.15) is 6.10 Å². The summed E-state index contributed by atoms with van der Waals surface area (Å²) in [5.74, 6) is 2.28. The zero-order valence-corrected chi connectivity index (χ0v) is 30.3. The van der Waals surface area contributed by atoms with Crippen molar-refractivity contribution in [3.63, 3.8) is 0 Å². The van der Waals surface area contributed by atoms with Crippen LogP contribution < -0.4 is 0 Å². The minimum absolute atomic E-state index is 0.00803. The molecule has 0 aromatic heterocycles. The molecular weight excluding hydrogens is 584 g/mol. The normalized spacial score (nSPS) is 36.0. The van der Waals surface area contributed by atoms with Gasteiger partial charge in [-0.3, -0.25) is 9.59 Å². The van der Waals surface area contributed by atoms with Gasteiger partial charge in [0.25, 0.3) is 0 Å².